The molecule has 0 spiro atoms. The molecular formula is C42H66O12S6. The van der Waals surface area contributed by atoms with Crippen molar-refractivity contribution in [1.29, 1.82) is 0 Å². The second-order valence-corrected chi connectivity index (χ2v) is 20.3. The van der Waals surface area contributed by atoms with E-state index in [2.05, 4.69) is 0 Å². The van der Waals surface area contributed by atoms with Gasteiger partial charge in [-0.05, 0) is 73.0 Å². The summed E-state index contributed by atoms with van der Waals surface area (Å²) in [5.74, 6) is -1.28. The molecule has 1 aromatic rings. The second kappa shape index (κ2) is 36.6. The van der Waals surface area contributed by atoms with Gasteiger partial charge in [-0.15, -0.1) is 0 Å². The van der Waals surface area contributed by atoms with Crippen molar-refractivity contribution in [1.82, 2.24) is 0 Å². The Bertz CT molecular complexity index is 1150. The Balaban J connectivity index is 4.27. The fraction of sp³-hybridized carbons (Fsp3) is 0.714. The molecule has 0 amide bonds. The van der Waals surface area contributed by atoms with Crippen molar-refractivity contribution in [2.24, 2.45) is 0 Å². The maximum Gasteiger partial charge on any atom is 0.312 e. The predicted octanol–water partition coefficient (Wildman–Crippen LogP) is 10.3. The standard InChI is InChI=1S/C42H66O12S6/c1-7-19-55-25-13-31(43)49-37-38(50-32(44)14-26-56-20-8-2)40(52-34(46)16-28-58-22-10-4)42(54-36(48)18-30-60-24-12-6)41(53-35(47)17-29-59-23-11-5)39(37)51-33(45)15-27-57-21-9-3/h7-30H2,1-6H3. The number of benzene rings is 1. The van der Waals surface area contributed by atoms with E-state index >= 15 is 0 Å². The number of hydrogen-bond acceptors (Lipinski definition) is 18. The van der Waals surface area contributed by atoms with Crippen LogP contribution in [0.3, 0.4) is 0 Å². The third-order valence-electron chi connectivity index (χ3n) is 7.33. The maximum atomic E-state index is 13.6. The van der Waals surface area contributed by atoms with Crippen LogP contribution in [0.2, 0.25) is 0 Å². The summed E-state index contributed by atoms with van der Waals surface area (Å²) in [4.78, 5) is 81.7. The first-order valence-electron chi connectivity index (χ1n) is 21.0. The largest absolute Gasteiger partial charge is 0.418 e. The Morgan fingerprint density at radius 1 is 0.267 bits per heavy atom. The first-order chi connectivity index (χ1) is 29.1. The van der Waals surface area contributed by atoms with E-state index in [-0.39, 0.29) is 38.5 Å². The van der Waals surface area contributed by atoms with E-state index in [1.165, 1.54) is 70.6 Å². The molecule has 18 heteroatoms. The van der Waals surface area contributed by atoms with Crippen LogP contribution in [0.15, 0.2) is 0 Å². The van der Waals surface area contributed by atoms with Crippen LogP contribution in [0, 0.1) is 0 Å². The van der Waals surface area contributed by atoms with Crippen LogP contribution in [0.25, 0.3) is 0 Å². The number of hydrogen-bond donors (Lipinski definition) is 0. The SMILES string of the molecule is CCCSCCC(=O)Oc1c(OC(=O)CCSCCC)c(OC(=O)CCSCCC)c(OC(=O)CCSCCC)c(OC(=O)CCSCCC)c1OC(=O)CCSCCC. The number of rotatable bonds is 36. The number of thioether (sulfide) groups is 6. The van der Waals surface area contributed by atoms with Gasteiger partial charge in [0.15, 0.2) is 0 Å². The highest BCUT2D eigenvalue weighted by Crippen LogP contribution is 2.59. The van der Waals surface area contributed by atoms with Gasteiger partial charge in [0.25, 0.3) is 0 Å². The van der Waals surface area contributed by atoms with Crippen molar-refractivity contribution in [2.45, 2.75) is 119 Å². The van der Waals surface area contributed by atoms with Crippen LogP contribution < -0.4 is 28.4 Å². The third-order valence-corrected chi connectivity index (χ3v) is 14.5. The summed E-state index contributed by atoms with van der Waals surface area (Å²) in [6.45, 7) is 12.1. The van der Waals surface area contributed by atoms with Gasteiger partial charge < -0.3 is 28.4 Å². The Morgan fingerprint density at radius 3 is 0.517 bits per heavy atom. The van der Waals surface area contributed by atoms with Crippen LogP contribution in [0.5, 0.6) is 34.5 Å². The van der Waals surface area contributed by atoms with Crippen LogP contribution in [0.4, 0.5) is 0 Å². The number of carbonyl (C=O) groups is 6. The van der Waals surface area contributed by atoms with E-state index in [1.54, 1.807) is 0 Å². The van der Waals surface area contributed by atoms with E-state index in [4.69, 9.17) is 28.4 Å². The molecule has 0 radical (unpaired) electrons. The van der Waals surface area contributed by atoms with Gasteiger partial charge in [0.2, 0.25) is 34.5 Å². The van der Waals surface area contributed by atoms with Gasteiger partial charge in [0.05, 0.1) is 38.5 Å². The van der Waals surface area contributed by atoms with Gasteiger partial charge in [-0.2, -0.15) is 70.6 Å². The second-order valence-electron chi connectivity index (χ2n) is 13.0. The molecule has 0 aliphatic rings. The summed E-state index contributed by atoms with van der Waals surface area (Å²) in [7, 11) is 0. The minimum absolute atomic E-state index is 0.0908. The van der Waals surface area contributed by atoms with E-state index in [9.17, 15) is 28.8 Å². The van der Waals surface area contributed by atoms with Gasteiger partial charge in [-0.25, -0.2) is 0 Å². The molecular weight excluding hydrogens is 889 g/mol. The average molecular weight is 955 g/mol. The molecule has 12 nitrogen and oxygen atoms in total. The lowest BCUT2D eigenvalue weighted by molar-refractivity contribution is -0.140. The molecule has 0 aromatic heterocycles. The Labute approximate surface area is 383 Å². The molecule has 0 N–H and O–H groups in total. The molecule has 0 unspecified atom stereocenters. The summed E-state index contributed by atoms with van der Waals surface area (Å²) in [6, 6.07) is 0. The van der Waals surface area contributed by atoms with Crippen LogP contribution in [-0.2, 0) is 28.8 Å². The number of ether oxygens (including phenoxy) is 6. The molecule has 1 rings (SSSR count). The third kappa shape index (κ3) is 25.3. The zero-order valence-electron chi connectivity index (χ0n) is 36.3. The molecule has 0 fully saturated rings. The van der Waals surface area contributed by atoms with E-state index in [0.717, 1.165) is 73.0 Å². The topological polar surface area (TPSA) is 158 Å². The predicted molar refractivity (Wildman–Crippen MR) is 254 cm³/mol. The maximum absolute atomic E-state index is 13.6. The average Bonchev–Trinajstić information content (AvgIpc) is 3.22. The summed E-state index contributed by atoms with van der Waals surface area (Å²) >= 11 is 9.20. The Morgan fingerprint density at radius 2 is 0.400 bits per heavy atom. The molecule has 0 atom stereocenters. The van der Waals surface area contributed by atoms with Crippen molar-refractivity contribution < 1.29 is 57.2 Å². The first-order valence-corrected chi connectivity index (χ1v) is 27.9. The zero-order chi connectivity index (χ0) is 44.4. The van der Waals surface area contributed by atoms with Crippen LogP contribution in [-0.4, -0.2) is 105 Å². The molecule has 0 aliphatic heterocycles. The quantitative estimate of drug-likeness (QED) is 0.0355. The fourth-order valence-electron chi connectivity index (χ4n) is 4.58. The van der Waals surface area contributed by atoms with Crippen molar-refractivity contribution in [3.8, 4) is 34.5 Å². The highest BCUT2D eigenvalue weighted by atomic mass is 32.2. The van der Waals surface area contributed by atoms with Crippen molar-refractivity contribution in [3.05, 3.63) is 0 Å². The minimum atomic E-state index is -0.788. The molecule has 0 saturated carbocycles. The highest BCUT2D eigenvalue weighted by Gasteiger charge is 2.38. The lowest BCUT2D eigenvalue weighted by atomic mass is 10.2. The van der Waals surface area contributed by atoms with Gasteiger partial charge >= 0.3 is 35.8 Å². The molecule has 60 heavy (non-hydrogen) atoms. The van der Waals surface area contributed by atoms with E-state index < -0.39 is 70.3 Å². The fourth-order valence-corrected chi connectivity index (χ4v) is 9.40. The molecule has 0 saturated heterocycles. The summed E-state index contributed by atoms with van der Waals surface area (Å²) in [5, 5.41) is 0. The Hall–Kier alpha value is -1.86. The van der Waals surface area contributed by atoms with Crippen molar-refractivity contribution in [2.75, 3.05) is 69.0 Å². The Kier molecular flexibility index (Phi) is 34.3. The molecule has 0 aliphatic carbocycles. The summed E-state index contributed by atoms with van der Waals surface area (Å²) in [6.07, 6.45) is 4.80. The lowest BCUT2D eigenvalue weighted by Gasteiger charge is -2.23. The lowest BCUT2D eigenvalue weighted by Crippen LogP contribution is -2.21. The van der Waals surface area contributed by atoms with Crippen molar-refractivity contribution >= 4 is 106 Å². The van der Waals surface area contributed by atoms with Gasteiger partial charge in [-0.1, -0.05) is 41.5 Å². The normalized spacial score (nSPS) is 10.9. The van der Waals surface area contributed by atoms with E-state index in [1.807, 2.05) is 41.5 Å². The number of esters is 6. The smallest absolute Gasteiger partial charge is 0.312 e. The number of carbonyl (C=O) groups excluding carboxylic acids is 6. The zero-order valence-corrected chi connectivity index (χ0v) is 41.2. The van der Waals surface area contributed by atoms with Crippen molar-refractivity contribution in [3.63, 3.8) is 0 Å². The first kappa shape index (κ1) is 56.2. The van der Waals surface area contributed by atoms with Gasteiger partial charge in [-0.3, -0.25) is 28.8 Å². The van der Waals surface area contributed by atoms with E-state index in [0.29, 0.717) is 34.5 Å². The van der Waals surface area contributed by atoms with Crippen LogP contribution in [0.1, 0.15) is 119 Å². The van der Waals surface area contributed by atoms with Gasteiger partial charge in [0, 0.05) is 34.5 Å². The molecule has 1 aromatic carbocycles. The molecule has 342 valence electrons. The van der Waals surface area contributed by atoms with Gasteiger partial charge in [0.1, 0.15) is 0 Å². The summed E-state index contributed by atoms with van der Waals surface area (Å²) < 4.78 is 35.5. The highest BCUT2D eigenvalue weighted by molar-refractivity contribution is 8.00. The monoisotopic (exact) mass is 954 g/mol. The molecule has 0 heterocycles. The minimum Gasteiger partial charge on any atom is -0.418 e. The van der Waals surface area contributed by atoms with Crippen LogP contribution >= 0.6 is 70.6 Å². The summed E-state index contributed by atoms with van der Waals surface area (Å²) in [5.41, 5.74) is 0. The molecule has 0 bridgehead atoms.